The van der Waals surface area contributed by atoms with Crippen LogP contribution >= 0.6 is 28.5 Å². The number of nitrogens with one attached hydrogen (secondary N) is 1. The molecule has 2 aromatic carbocycles. The van der Waals surface area contributed by atoms with E-state index in [2.05, 4.69) is 27.4 Å². The number of hydrogen-bond acceptors (Lipinski definition) is 3. The van der Waals surface area contributed by atoms with Crippen LogP contribution in [-0.2, 0) is 6.42 Å². The molecule has 0 aliphatic rings. The zero-order valence-electron chi connectivity index (χ0n) is 12.4. The summed E-state index contributed by atoms with van der Waals surface area (Å²) in [4.78, 5) is 12.4. The van der Waals surface area contributed by atoms with Crippen molar-refractivity contribution in [2.75, 3.05) is 13.6 Å². The minimum absolute atomic E-state index is 0.0465. The molecule has 116 valence electrons. The molecule has 1 N–H and O–H groups in total. The number of carbonyl (C=O) groups excluding carboxylic acids is 1. The number of ketones is 1. The van der Waals surface area contributed by atoms with Crippen LogP contribution in [0.25, 0.3) is 0 Å². The second-order valence-electron chi connectivity index (χ2n) is 4.94. The Balaban J connectivity index is 2.02. The molecule has 1 unspecified atom stereocenters. The SMILES string of the molecule is CNCCCc1ccc(C(=O)c2ccc(OPI)cc2)cc1. The summed E-state index contributed by atoms with van der Waals surface area (Å²) in [7, 11) is 1.96. The molecule has 2 aromatic rings. The fourth-order valence-corrected chi connectivity index (χ4v) is 3.17. The number of rotatable bonds is 8. The molecule has 0 aromatic heterocycles. The van der Waals surface area contributed by atoms with E-state index in [-0.39, 0.29) is 5.78 Å². The predicted molar refractivity (Wildman–Crippen MR) is 102 cm³/mol. The van der Waals surface area contributed by atoms with Gasteiger partial charge in [-0.2, -0.15) is 0 Å². The summed E-state index contributed by atoms with van der Waals surface area (Å²) in [6.07, 6.45) is 2.13. The van der Waals surface area contributed by atoms with Crippen molar-refractivity contribution in [2.45, 2.75) is 12.8 Å². The Morgan fingerprint density at radius 1 is 1.09 bits per heavy atom. The van der Waals surface area contributed by atoms with E-state index in [4.69, 9.17) is 4.52 Å². The van der Waals surface area contributed by atoms with Crippen LogP contribution in [-0.4, -0.2) is 19.4 Å². The van der Waals surface area contributed by atoms with Crippen LogP contribution in [0.1, 0.15) is 27.9 Å². The maximum atomic E-state index is 12.4. The van der Waals surface area contributed by atoms with Crippen molar-refractivity contribution < 1.29 is 9.32 Å². The van der Waals surface area contributed by atoms with Crippen LogP contribution in [0, 0.1) is 0 Å². The van der Waals surface area contributed by atoms with Crippen molar-refractivity contribution in [1.29, 1.82) is 0 Å². The molecule has 2 rings (SSSR count). The number of benzene rings is 2. The van der Waals surface area contributed by atoms with Gasteiger partial charge in [0.25, 0.3) is 0 Å². The third-order valence-electron chi connectivity index (χ3n) is 3.38. The number of hydrogen-bond donors (Lipinski definition) is 1. The van der Waals surface area contributed by atoms with E-state index in [0.29, 0.717) is 12.0 Å². The average molecular weight is 427 g/mol. The Morgan fingerprint density at radius 2 is 1.68 bits per heavy atom. The predicted octanol–water partition coefficient (Wildman–Crippen LogP) is 4.39. The highest BCUT2D eigenvalue weighted by Crippen LogP contribution is 2.27. The number of halogens is 1. The minimum atomic E-state index is 0.0465. The second-order valence-corrected chi connectivity index (χ2v) is 6.62. The monoisotopic (exact) mass is 427 g/mol. The third kappa shape index (κ3) is 5.04. The Labute approximate surface area is 146 Å². The summed E-state index contributed by atoms with van der Waals surface area (Å²) in [5.41, 5.74) is 2.67. The maximum absolute atomic E-state index is 12.4. The van der Waals surface area contributed by atoms with Crippen LogP contribution in [0.3, 0.4) is 0 Å². The first-order chi connectivity index (χ1) is 10.7. The lowest BCUT2D eigenvalue weighted by atomic mass is 10.0. The molecule has 0 fully saturated rings. The van der Waals surface area contributed by atoms with Gasteiger partial charge in [0.15, 0.2) is 5.78 Å². The Kier molecular flexibility index (Phi) is 7.30. The highest BCUT2D eigenvalue weighted by Gasteiger charge is 2.09. The van der Waals surface area contributed by atoms with Crippen LogP contribution in [0.4, 0.5) is 0 Å². The lowest BCUT2D eigenvalue weighted by Gasteiger charge is -2.05. The van der Waals surface area contributed by atoms with E-state index in [1.807, 2.05) is 55.6 Å². The van der Waals surface area contributed by atoms with Gasteiger partial charge in [-0.05, 0) is 78.3 Å². The normalized spacial score (nSPS) is 11.0. The van der Waals surface area contributed by atoms with Crippen LogP contribution in [0.5, 0.6) is 5.75 Å². The first-order valence-electron chi connectivity index (χ1n) is 7.15. The largest absolute Gasteiger partial charge is 0.467 e. The van der Waals surface area contributed by atoms with Crippen molar-refractivity contribution in [3.8, 4) is 5.75 Å². The second kappa shape index (κ2) is 9.23. The molecule has 1 atom stereocenters. The van der Waals surface area contributed by atoms with Gasteiger partial charge in [0, 0.05) is 11.1 Å². The quantitative estimate of drug-likeness (QED) is 0.294. The molecule has 0 aliphatic heterocycles. The Bertz CT molecular complexity index is 599. The van der Waals surface area contributed by atoms with Crippen molar-refractivity contribution in [3.63, 3.8) is 0 Å². The smallest absolute Gasteiger partial charge is 0.193 e. The zero-order valence-corrected chi connectivity index (χ0v) is 15.6. The van der Waals surface area contributed by atoms with Crippen molar-refractivity contribution in [3.05, 3.63) is 65.2 Å². The third-order valence-corrected chi connectivity index (χ3v) is 4.35. The van der Waals surface area contributed by atoms with Gasteiger partial charge in [0.1, 0.15) is 12.2 Å². The van der Waals surface area contributed by atoms with Gasteiger partial charge in [-0.15, -0.1) is 0 Å². The first-order valence-corrected chi connectivity index (χ1v) is 11.2. The highest BCUT2D eigenvalue weighted by atomic mass is 127. The van der Waals surface area contributed by atoms with Gasteiger partial charge < -0.3 is 9.84 Å². The summed E-state index contributed by atoms with van der Waals surface area (Å²) in [5.74, 6) is 0.842. The summed E-state index contributed by atoms with van der Waals surface area (Å²) >= 11 is 2.17. The molecule has 22 heavy (non-hydrogen) atoms. The van der Waals surface area contributed by atoms with E-state index in [1.54, 1.807) is 0 Å². The van der Waals surface area contributed by atoms with E-state index in [0.717, 1.165) is 30.7 Å². The lowest BCUT2D eigenvalue weighted by Crippen LogP contribution is -2.08. The molecule has 0 bridgehead atoms. The molecule has 0 spiro atoms. The van der Waals surface area contributed by atoms with Gasteiger partial charge >= 0.3 is 0 Å². The van der Waals surface area contributed by atoms with Gasteiger partial charge in [0.05, 0.1) is 0 Å². The van der Waals surface area contributed by atoms with Crippen LogP contribution in [0.2, 0.25) is 0 Å². The first kappa shape index (κ1) is 17.4. The molecule has 0 saturated heterocycles. The standard InChI is InChI=1S/C17H19INO2P/c1-19-12-2-3-13-4-6-14(7-5-13)17(20)15-8-10-16(11-9-15)21-22-18/h4-11,19,22H,2-3,12H2,1H3. The van der Waals surface area contributed by atoms with E-state index in [9.17, 15) is 4.79 Å². The maximum Gasteiger partial charge on any atom is 0.193 e. The summed E-state index contributed by atoms with van der Waals surface area (Å²) < 4.78 is 5.41. The number of carbonyl (C=O) groups is 1. The van der Waals surface area contributed by atoms with Crippen molar-refractivity contribution >= 4 is 34.3 Å². The highest BCUT2D eigenvalue weighted by molar-refractivity contribution is 14.2. The zero-order chi connectivity index (χ0) is 15.8. The Hall–Kier alpha value is -0.970. The van der Waals surface area contributed by atoms with E-state index < -0.39 is 0 Å². The summed E-state index contributed by atoms with van der Waals surface area (Å²) in [5, 5.41) is 3.14. The average Bonchev–Trinajstić information content (AvgIpc) is 2.56. The molecule has 0 amide bonds. The van der Waals surface area contributed by atoms with E-state index in [1.165, 1.54) is 5.56 Å². The van der Waals surface area contributed by atoms with Crippen molar-refractivity contribution in [1.82, 2.24) is 5.32 Å². The van der Waals surface area contributed by atoms with Gasteiger partial charge in [-0.1, -0.05) is 24.3 Å². The van der Waals surface area contributed by atoms with Crippen molar-refractivity contribution in [2.24, 2.45) is 0 Å². The fourth-order valence-electron chi connectivity index (χ4n) is 2.18. The summed E-state index contributed by atoms with van der Waals surface area (Å²) in [6, 6.07) is 15.2. The topological polar surface area (TPSA) is 38.3 Å². The van der Waals surface area contributed by atoms with Gasteiger partial charge in [0.2, 0.25) is 0 Å². The van der Waals surface area contributed by atoms with Gasteiger partial charge in [-0.3, -0.25) is 4.79 Å². The van der Waals surface area contributed by atoms with Gasteiger partial charge in [-0.25, -0.2) is 0 Å². The molecular weight excluding hydrogens is 408 g/mol. The minimum Gasteiger partial charge on any atom is -0.467 e. The molecular formula is C17H19INO2P. The lowest BCUT2D eigenvalue weighted by molar-refractivity contribution is 0.103. The van der Waals surface area contributed by atoms with E-state index >= 15 is 0 Å². The number of aryl methyl sites for hydroxylation is 1. The van der Waals surface area contributed by atoms with Crippen LogP contribution in [0.15, 0.2) is 48.5 Å². The summed E-state index contributed by atoms with van der Waals surface area (Å²) in [6.45, 7) is 1.38. The molecule has 5 heteroatoms. The van der Waals surface area contributed by atoms with Crippen LogP contribution < -0.4 is 9.84 Å². The molecule has 0 heterocycles. The molecule has 0 radical (unpaired) electrons. The Morgan fingerprint density at radius 3 is 2.23 bits per heavy atom. The molecule has 0 aliphatic carbocycles. The fraction of sp³-hybridized carbons (Fsp3) is 0.235. The molecule has 0 saturated carbocycles. The molecule has 3 nitrogen and oxygen atoms in total.